The number of nitrogens with one attached hydrogen (secondary N) is 1. The Labute approximate surface area is 116 Å². The van der Waals surface area contributed by atoms with Crippen molar-refractivity contribution in [2.24, 2.45) is 0 Å². The van der Waals surface area contributed by atoms with Crippen LogP contribution in [0.15, 0.2) is 12.1 Å². The van der Waals surface area contributed by atoms with Crippen molar-refractivity contribution >= 4 is 11.9 Å². The number of carbonyl (C=O) groups is 2. The molecule has 3 N–H and O–H groups in total. The van der Waals surface area contributed by atoms with Crippen molar-refractivity contribution in [3.05, 3.63) is 23.5 Å². The predicted molar refractivity (Wildman–Crippen MR) is 70.1 cm³/mol. The van der Waals surface area contributed by atoms with Crippen LogP contribution in [0.3, 0.4) is 0 Å². The van der Waals surface area contributed by atoms with Gasteiger partial charge < -0.3 is 15.5 Å². The molecule has 0 aliphatic carbocycles. The summed E-state index contributed by atoms with van der Waals surface area (Å²) in [6, 6.07) is 2.51. The Morgan fingerprint density at radius 3 is 3.00 bits per heavy atom. The number of aryl methyl sites for hydroxylation is 1. The minimum absolute atomic E-state index is 0.0515. The summed E-state index contributed by atoms with van der Waals surface area (Å²) >= 11 is 0. The third-order valence-corrected chi connectivity index (χ3v) is 3.25. The Bertz CT molecular complexity index is 532. The lowest BCUT2D eigenvalue weighted by Gasteiger charge is -2.34. The molecule has 7 nitrogen and oxygen atoms in total. The molecular weight excluding hydrogens is 262 g/mol. The number of nitrogens with zero attached hydrogens (tertiary/aromatic N) is 2. The maximum atomic E-state index is 11.8. The molecular formula is C13H17N3O4. The zero-order chi connectivity index (χ0) is 14.7. The Morgan fingerprint density at radius 1 is 1.55 bits per heavy atom. The fourth-order valence-corrected chi connectivity index (χ4v) is 2.25. The first-order chi connectivity index (χ1) is 9.47. The van der Waals surface area contributed by atoms with Gasteiger partial charge >= 0.3 is 5.97 Å². The van der Waals surface area contributed by atoms with Crippen LogP contribution >= 0.6 is 0 Å². The normalized spacial score (nSPS) is 19.6. The summed E-state index contributed by atoms with van der Waals surface area (Å²) in [6.45, 7) is 3.04. The third kappa shape index (κ3) is 3.24. The van der Waals surface area contributed by atoms with Gasteiger partial charge in [0, 0.05) is 25.3 Å². The minimum Gasteiger partial charge on any atom is -0.506 e. The molecule has 0 saturated carbocycles. The Morgan fingerprint density at radius 2 is 2.30 bits per heavy atom. The van der Waals surface area contributed by atoms with Gasteiger partial charge in [0.2, 0.25) is 5.91 Å². The van der Waals surface area contributed by atoms with Gasteiger partial charge in [-0.1, -0.05) is 0 Å². The average Bonchev–Trinajstić information content (AvgIpc) is 2.37. The Balaban J connectivity index is 2.18. The molecule has 0 aromatic carbocycles. The second kappa shape index (κ2) is 5.87. The van der Waals surface area contributed by atoms with Gasteiger partial charge in [0.25, 0.3) is 0 Å². The fourth-order valence-electron chi connectivity index (χ4n) is 2.25. The van der Waals surface area contributed by atoms with Gasteiger partial charge in [0.15, 0.2) is 0 Å². The molecule has 1 aromatic heterocycles. The van der Waals surface area contributed by atoms with Gasteiger partial charge in [-0.05, 0) is 19.1 Å². The van der Waals surface area contributed by atoms with E-state index in [1.807, 2.05) is 0 Å². The van der Waals surface area contributed by atoms with Crippen LogP contribution in [0.5, 0.6) is 5.75 Å². The van der Waals surface area contributed by atoms with Gasteiger partial charge in [-0.15, -0.1) is 0 Å². The molecule has 0 spiro atoms. The van der Waals surface area contributed by atoms with E-state index in [1.54, 1.807) is 24.0 Å². The van der Waals surface area contributed by atoms with E-state index in [0.29, 0.717) is 18.8 Å². The van der Waals surface area contributed by atoms with E-state index < -0.39 is 12.0 Å². The largest absolute Gasteiger partial charge is 0.506 e. The number of amides is 1. The topological polar surface area (TPSA) is 103 Å². The summed E-state index contributed by atoms with van der Waals surface area (Å²) < 4.78 is 0. The number of carboxylic acid groups (broad SMARTS) is 1. The number of carboxylic acids is 1. The molecule has 1 atom stereocenters. The first-order valence-electron chi connectivity index (χ1n) is 6.36. The van der Waals surface area contributed by atoms with Gasteiger partial charge in [-0.3, -0.25) is 19.5 Å². The summed E-state index contributed by atoms with van der Waals surface area (Å²) in [5.74, 6) is -1.28. The van der Waals surface area contributed by atoms with E-state index in [-0.39, 0.29) is 24.6 Å². The van der Waals surface area contributed by atoms with E-state index in [1.165, 1.54) is 0 Å². The molecule has 1 saturated heterocycles. The Kier molecular flexibility index (Phi) is 4.19. The lowest BCUT2D eigenvalue weighted by atomic mass is 10.1. The van der Waals surface area contributed by atoms with Crippen LogP contribution in [-0.2, 0) is 16.1 Å². The monoisotopic (exact) mass is 279 g/mol. The summed E-state index contributed by atoms with van der Waals surface area (Å²) in [7, 11) is 0. The number of aromatic nitrogens is 1. The van der Waals surface area contributed by atoms with E-state index in [2.05, 4.69) is 10.3 Å². The lowest BCUT2D eigenvalue weighted by molar-refractivity contribution is -0.143. The van der Waals surface area contributed by atoms with Crippen LogP contribution in [0.2, 0.25) is 0 Å². The highest BCUT2D eigenvalue weighted by Crippen LogP contribution is 2.19. The van der Waals surface area contributed by atoms with Gasteiger partial charge in [-0.25, -0.2) is 0 Å². The summed E-state index contributed by atoms with van der Waals surface area (Å²) in [5.41, 5.74) is 1.21. The lowest BCUT2D eigenvalue weighted by Crippen LogP contribution is -2.55. The highest BCUT2D eigenvalue weighted by Gasteiger charge is 2.32. The summed E-state index contributed by atoms with van der Waals surface area (Å²) in [6.07, 6.45) is -0.265. The highest BCUT2D eigenvalue weighted by molar-refractivity contribution is 5.86. The molecule has 20 heavy (non-hydrogen) atoms. The molecule has 1 aromatic rings. The second-order valence-electron chi connectivity index (χ2n) is 4.79. The van der Waals surface area contributed by atoms with Crippen LogP contribution in [0.25, 0.3) is 0 Å². The quantitative estimate of drug-likeness (QED) is 0.709. The minimum atomic E-state index is -1.03. The second-order valence-corrected chi connectivity index (χ2v) is 4.79. The van der Waals surface area contributed by atoms with Gasteiger partial charge in [0.1, 0.15) is 11.8 Å². The van der Waals surface area contributed by atoms with Crippen molar-refractivity contribution in [1.29, 1.82) is 0 Å². The molecule has 1 amide bonds. The van der Waals surface area contributed by atoms with Crippen LogP contribution < -0.4 is 5.32 Å². The zero-order valence-electron chi connectivity index (χ0n) is 11.2. The molecule has 0 bridgehead atoms. The molecule has 108 valence electrons. The zero-order valence-corrected chi connectivity index (χ0v) is 11.2. The number of pyridine rings is 1. The molecule has 7 heteroatoms. The van der Waals surface area contributed by atoms with E-state index >= 15 is 0 Å². The smallest absolute Gasteiger partial charge is 0.305 e. The maximum absolute atomic E-state index is 11.8. The summed E-state index contributed by atoms with van der Waals surface area (Å²) in [4.78, 5) is 28.6. The molecule has 1 fully saturated rings. The first kappa shape index (κ1) is 14.3. The highest BCUT2D eigenvalue weighted by atomic mass is 16.4. The van der Waals surface area contributed by atoms with E-state index in [4.69, 9.17) is 5.11 Å². The van der Waals surface area contributed by atoms with Crippen molar-refractivity contribution in [3.63, 3.8) is 0 Å². The van der Waals surface area contributed by atoms with Crippen molar-refractivity contribution in [3.8, 4) is 5.75 Å². The average molecular weight is 279 g/mol. The number of hydrogen-bond acceptors (Lipinski definition) is 5. The maximum Gasteiger partial charge on any atom is 0.305 e. The first-order valence-corrected chi connectivity index (χ1v) is 6.36. The number of carbonyl (C=O) groups excluding carboxylic acids is 1. The van der Waals surface area contributed by atoms with Crippen LogP contribution in [0.4, 0.5) is 0 Å². The van der Waals surface area contributed by atoms with Gasteiger partial charge in [0.05, 0.1) is 12.1 Å². The van der Waals surface area contributed by atoms with E-state index in [0.717, 1.165) is 5.69 Å². The van der Waals surface area contributed by atoms with Crippen LogP contribution in [0, 0.1) is 6.92 Å². The van der Waals surface area contributed by atoms with Gasteiger partial charge in [-0.2, -0.15) is 0 Å². The number of hydrogen-bond donors (Lipinski definition) is 3. The number of rotatable bonds is 4. The van der Waals surface area contributed by atoms with Crippen LogP contribution in [0.1, 0.15) is 17.8 Å². The van der Waals surface area contributed by atoms with Crippen molar-refractivity contribution < 1.29 is 19.8 Å². The Hall–Kier alpha value is -2.15. The predicted octanol–water partition coefficient (Wildman–Crippen LogP) is -0.129. The van der Waals surface area contributed by atoms with Crippen molar-refractivity contribution in [2.75, 3.05) is 13.1 Å². The SMILES string of the molecule is Cc1ccc(O)c(CN2CCNC(=O)C2CC(=O)O)n1. The molecule has 1 aliphatic heterocycles. The number of aliphatic carboxylic acids is 1. The summed E-state index contributed by atoms with van der Waals surface area (Å²) in [5, 5.41) is 21.3. The molecule has 2 rings (SSSR count). The molecule has 1 unspecified atom stereocenters. The third-order valence-electron chi connectivity index (χ3n) is 3.25. The van der Waals surface area contributed by atoms with E-state index in [9.17, 15) is 14.7 Å². The number of aromatic hydroxyl groups is 1. The molecule has 2 heterocycles. The molecule has 1 aliphatic rings. The van der Waals surface area contributed by atoms with Crippen molar-refractivity contribution in [1.82, 2.24) is 15.2 Å². The number of piperazine rings is 1. The standard InChI is InChI=1S/C13H17N3O4/c1-8-2-3-11(17)9(15-8)7-16-5-4-14-13(20)10(16)6-12(18)19/h2-3,10,17H,4-7H2,1H3,(H,14,20)(H,18,19). The molecule has 0 radical (unpaired) electrons. The van der Waals surface area contributed by atoms with Crippen molar-refractivity contribution in [2.45, 2.75) is 25.9 Å². The van der Waals surface area contributed by atoms with Crippen LogP contribution in [-0.4, -0.2) is 51.1 Å². The fraction of sp³-hybridized carbons (Fsp3) is 0.462.